The van der Waals surface area contributed by atoms with Crippen LogP contribution in [-0.4, -0.2) is 12.1 Å². The van der Waals surface area contributed by atoms with E-state index in [2.05, 4.69) is 18.0 Å². The van der Waals surface area contributed by atoms with Gasteiger partial charge in [0.1, 0.15) is 11.1 Å². The summed E-state index contributed by atoms with van der Waals surface area (Å²) in [5.41, 5.74) is 2.11. The molecule has 0 radical (unpaired) electrons. The summed E-state index contributed by atoms with van der Waals surface area (Å²) in [6.45, 7) is 4.09. The molecule has 1 unspecified atom stereocenters. The number of hydrogen-bond donors (Lipinski definition) is 0. The molecule has 2 aromatic rings. The molecule has 0 aliphatic heterocycles. The Morgan fingerprint density at radius 2 is 2.15 bits per heavy atom. The number of alkyl halides is 1. The smallest absolute Gasteiger partial charge is 0.162 e. The molecule has 0 saturated heterocycles. The lowest BCUT2D eigenvalue weighted by Crippen LogP contribution is -2.04. The Hall–Kier alpha value is -1.26. The predicted molar refractivity (Wildman–Crippen MR) is 83.1 cm³/mol. The molecule has 2 rings (SSSR count). The third kappa shape index (κ3) is 3.44. The van der Waals surface area contributed by atoms with Gasteiger partial charge in [0.25, 0.3) is 0 Å². The molecular weight excluding hydrogens is 294 g/mol. The van der Waals surface area contributed by atoms with Gasteiger partial charge in [-0.2, -0.15) is 0 Å². The van der Waals surface area contributed by atoms with Crippen LogP contribution < -0.4 is 9.47 Å². The van der Waals surface area contributed by atoms with Crippen molar-refractivity contribution in [1.82, 2.24) is 4.98 Å². The number of benzene rings is 1. The highest BCUT2D eigenvalue weighted by molar-refractivity contribution is 7.09. The number of ether oxygens (including phenoxy) is 2. The Kier molecular flexibility index (Phi) is 5.26. The third-order valence-electron chi connectivity index (χ3n) is 2.99. The van der Waals surface area contributed by atoms with E-state index in [4.69, 9.17) is 21.1 Å². The topological polar surface area (TPSA) is 31.4 Å². The fourth-order valence-electron chi connectivity index (χ4n) is 1.84. The summed E-state index contributed by atoms with van der Waals surface area (Å²) in [5.74, 6) is 1.92. The summed E-state index contributed by atoms with van der Waals surface area (Å²) >= 11 is 7.33. The zero-order chi connectivity index (χ0) is 14.5. The highest BCUT2D eigenvalue weighted by Crippen LogP contribution is 2.33. The Balaban J connectivity index is 2.16. The minimum absolute atomic E-state index is 0.127. The molecule has 0 aliphatic rings. The molecule has 0 saturated carbocycles. The first-order valence-corrected chi connectivity index (χ1v) is 7.93. The van der Waals surface area contributed by atoms with E-state index in [1.807, 2.05) is 24.4 Å². The van der Waals surface area contributed by atoms with E-state index in [0.717, 1.165) is 28.6 Å². The van der Waals surface area contributed by atoms with Gasteiger partial charge in [-0.1, -0.05) is 13.0 Å². The van der Waals surface area contributed by atoms with E-state index in [-0.39, 0.29) is 6.10 Å². The molecule has 20 heavy (non-hydrogen) atoms. The average Bonchev–Trinajstić information content (AvgIpc) is 2.96. The minimum Gasteiger partial charge on any atom is -0.493 e. The molecule has 0 bridgehead atoms. The Bertz CT molecular complexity index is 571. The van der Waals surface area contributed by atoms with Crippen LogP contribution in [0.1, 0.15) is 36.2 Å². The summed E-state index contributed by atoms with van der Waals surface area (Å²) in [5, 5.41) is 2.88. The van der Waals surface area contributed by atoms with Crippen LogP contribution >= 0.6 is 22.9 Å². The van der Waals surface area contributed by atoms with Crippen molar-refractivity contribution in [2.45, 2.75) is 32.3 Å². The largest absolute Gasteiger partial charge is 0.493 e. The van der Waals surface area contributed by atoms with E-state index < -0.39 is 0 Å². The third-order valence-corrected chi connectivity index (χ3v) is 4.32. The van der Waals surface area contributed by atoms with Gasteiger partial charge in [-0.25, -0.2) is 4.98 Å². The summed E-state index contributed by atoms with van der Waals surface area (Å²) in [6.07, 6.45) is 0.843. The van der Waals surface area contributed by atoms with Gasteiger partial charge in [-0.3, -0.25) is 0 Å². The molecule has 0 fully saturated rings. The van der Waals surface area contributed by atoms with Crippen molar-refractivity contribution in [3.63, 3.8) is 0 Å². The van der Waals surface area contributed by atoms with Gasteiger partial charge in [0.15, 0.2) is 11.5 Å². The van der Waals surface area contributed by atoms with Gasteiger partial charge < -0.3 is 9.47 Å². The second kappa shape index (κ2) is 6.95. The molecule has 0 aliphatic carbocycles. The normalized spacial score (nSPS) is 12.2. The van der Waals surface area contributed by atoms with Crippen LogP contribution in [0.2, 0.25) is 0 Å². The number of halogens is 1. The predicted octanol–water partition coefficient (Wildman–Crippen LogP) is 4.59. The maximum absolute atomic E-state index is 5.96. The molecular formula is C15H18ClNO2S. The zero-order valence-electron chi connectivity index (χ0n) is 11.9. The summed E-state index contributed by atoms with van der Waals surface area (Å²) in [4.78, 5) is 4.43. The molecule has 1 heterocycles. The van der Waals surface area contributed by atoms with Crippen molar-refractivity contribution in [2.24, 2.45) is 0 Å². The first-order chi connectivity index (χ1) is 9.67. The monoisotopic (exact) mass is 311 g/mol. The summed E-state index contributed by atoms with van der Waals surface area (Å²) in [7, 11) is 1.65. The van der Waals surface area contributed by atoms with Crippen LogP contribution in [0.4, 0.5) is 0 Å². The number of methoxy groups -OCH3 is 1. The van der Waals surface area contributed by atoms with Gasteiger partial charge >= 0.3 is 0 Å². The highest BCUT2D eigenvalue weighted by Gasteiger charge is 2.14. The van der Waals surface area contributed by atoms with Gasteiger partial charge in [-0.05, 0) is 31.0 Å². The van der Waals surface area contributed by atoms with E-state index in [0.29, 0.717) is 5.88 Å². The maximum Gasteiger partial charge on any atom is 0.162 e. The van der Waals surface area contributed by atoms with E-state index in [1.54, 1.807) is 18.4 Å². The van der Waals surface area contributed by atoms with E-state index >= 15 is 0 Å². The number of aromatic nitrogens is 1. The van der Waals surface area contributed by atoms with Crippen molar-refractivity contribution in [2.75, 3.05) is 7.11 Å². The zero-order valence-corrected chi connectivity index (χ0v) is 13.4. The molecule has 3 nitrogen and oxygen atoms in total. The van der Waals surface area contributed by atoms with Crippen LogP contribution in [0, 0.1) is 0 Å². The fraction of sp³-hybridized carbons (Fsp3) is 0.400. The van der Waals surface area contributed by atoms with E-state index in [9.17, 15) is 0 Å². The van der Waals surface area contributed by atoms with E-state index in [1.165, 1.54) is 5.56 Å². The molecule has 1 aromatic carbocycles. The Labute approximate surface area is 128 Å². The highest BCUT2D eigenvalue weighted by atomic mass is 35.5. The number of rotatable bonds is 6. The van der Waals surface area contributed by atoms with Crippen molar-refractivity contribution in [3.05, 3.63) is 39.8 Å². The molecule has 108 valence electrons. The van der Waals surface area contributed by atoms with Crippen LogP contribution in [0.15, 0.2) is 23.6 Å². The quantitative estimate of drug-likeness (QED) is 0.731. The molecule has 0 spiro atoms. The summed E-state index contributed by atoms with van der Waals surface area (Å²) < 4.78 is 11.3. The minimum atomic E-state index is -0.127. The lowest BCUT2D eigenvalue weighted by atomic mass is 10.1. The van der Waals surface area contributed by atoms with Crippen molar-refractivity contribution >= 4 is 22.9 Å². The van der Waals surface area contributed by atoms with Gasteiger partial charge in [0.05, 0.1) is 18.7 Å². The van der Waals surface area contributed by atoms with Crippen LogP contribution in [0.3, 0.4) is 0 Å². The van der Waals surface area contributed by atoms with Gasteiger partial charge in [0.2, 0.25) is 0 Å². The second-order valence-corrected chi connectivity index (χ2v) is 5.57. The van der Waals surface area contributed by atoms with Gasteiger partial charge in [-0.15, -0.1) is 22.9 Å². The fourth-order valence-corrected chi connectivity index (χ4v) is 2.87. The van der Waals surface area contributed by atoms with Crippen molar-refractivity contribution in [3.8, 4) is 11.5 Å². The molecule has 1 aromatic heterocycles. The Morgan fingerprint density at radius 1 is 1.35 bits per heavy atom. The summed E-state index contributed by atoms with van der Waals surface area (Å²) in [6, 6.07) is 6.01. The Morgan fingerprint density at radius 3 is 2.75 bits per heavy atom. The first kappa shape index (κ1) is 15.1. The maximum atomic E-state index is 5.96. The van der Waals surface area contributed by atoms with Gasteiger partial charge in [0, 0.05) is 5.38 Å². The number of thiazole rings is 1. The average molecular weight is 312 g/mol. The second-order valence-electron chi connectivity index (χ2n) is 4.41. The SMILES string of the molecule is CCc1ccc(OC(C)c2nc(CCl)cs2)c(OC)c1. The van der Waals surface area contributed by atoms with Crippen LogP contribution in [0.25, 0.3) is 0 Å². The number of nitrogens with zero attached hydrogens (tertiary/aromatic N) is 1. The lowest BCUT2D eigenvalue weighted by molar-refractivity contribution is 0.215. The standard InChI is InChI=1S/C15H18ClNO2S/c1-4-11-5-6-13(14(7-11)18-3)19-10(2)15-17-12(8-16)9-20-15/h5-7,9-10H,4,8H2,1-3H3. The van der Waals surface area contributed by atoms with Crippen LogP contribution in [-0.2, 0) is 12.3 Å². The molecule has 0 N–H and O–H groups in total. The lowest BCUT2D eigenvalue weighted by Gasteiger charge is -2.15. The van der Waals surface area contributed by atoms with Crippen molar-refractivity contribution < 1.29 is 9.47 Å². The molecule has 0 amide bonds. The molecule has 5 heteroatoms. The number of hydrogen-bond acceptors (Lipinski definition) is 4. The number of aryl methyl sites for hydroxylation is 1. The molecule has 1 atom stereocenters. The first-order valence-electron chi connectivity index (χ1n) is 6.51. The van der Waals surface area contributed by atoms with Crippen molar-refractivity contribution in [1.29, 1.82) is 0 Å². The van der Waals surface area contributed by atoms with Crippen LogP contribution in [0.5, 0.6) is 11.5 Å².